The number of fused-ring (bicyclic) bond motifs is 1. The molecule has 1 aliphatic heterocycles. The molecule has 2 rings (SSSR count). The van der Waals surface area contributed by atoms with Crippen molar-refractivity contribution in [3.8, 4) is 11.5 Å². The summed E-state index contributed by atoms with van der Waals surface area (Å²) in [6.45, 7) is 1.25. The molecule has 1 heterocycles. The maximum atomic E-state index is 11.8. The van der Waals surface area contributed by atoms with Gasteiger partial charge in [-0.15, -0.1) is 0 Å². The monoisotopic (exact) mass is 279 g/mol. The molecule has 1 aromatic rings. The Morgan fingerprint density at radius 3 is 3.00 bits per heavy atom. The molecule has 20 heavy (non-hydrogen) atoms. The van der Waals surface area contributed by atoms with Gasteiger partial charge in [-0.3, -0.25) is 9.59 Å². The summed E-state index contributed by atoms with van der Waals surface area (Å²) in [5.41, 5.74) is 0.793. The third-order valence-corrected chi connectivity index (χ3v) is 3.06. The third-order valence-electron chi connectivity index (χ3n) is 3.06. The number of rotatable bonds is 5. The van der Waals surface area contributed by atoms with Crippen LogP contribution in [0.4, 0.5) is 0 Å². The molecule has 0 bridgehead atoms. The van der Waals surface area contributed by atoms with Crippen molar-refractivity contribution in [1.82, 2.24) is 5.32 Å². The van der Waals surface area contributed by atoms with E-state index in [9.17, 15) is 9.59 Å². The van der Waals surface area contributed by atoms with Gasteiger partial charge in [0.15, 0.2) is 5.92 Å². The highest BCUT2D eigenvalue weighted by Crippen LogP contribution is 2.32. The number of likely N-dealkylation sites (N-methyl/N-ethyl adjacent to an activating group) is 1. The Morgan fingerprint density at radius 2 is 2.30 bits per heavy atom. The first-order chi connectivity index (χ1) is 9.65. The van der Waals surface area contributed by atoms with Crippen molar-refractivity contribution < 1.29 is 23.8 Å². The second kappa shape index (κ2) is 6.38. The van der Waals surface area contributed by atoms with Gasteiger partial charge in [-0.1, -0.05) is 6.07 Å². The average molecular weight is 279 g/mol. The van der Waals surface area contributed by atoms with E-state index < -0.39 is 17.9 Å². The first-order valence-electron chi connectivity index (χ1n) is 6.35. The second-order valence-electron chi connectivity index (χ2n) is 4.42. The highest BCUT2D eigenvalue weighted by Gasteiger charge is 2.35. The van der Waals surface area contributed by atoms with E-state index >= 15 is 0 Å². The van der Waals surface area contributed by atoms with Crippen molar-refractivity contribution >= 4 is 11.9 Å². The van der Waals surface area contributed by atoms with Gasteiger partial charge >= 0.3 is 11.9 Å². The van der Waals surface area contributed by atoms with Crippen LogP contribution in [-0.4, -0.2) is 39.2 Å². The van der Waals surface area contributed by atoms with Gasteiger partial charge < -0.3 is 19.5 Å². The largest absolute Gasteiger partial charge is 0.492 e. The summed E-state index contributed by atoms with van der Waals surface area (Å²) in [7, 11) is 3.09. The summed E-state index contributed by atoms with van der Waals surface area (Å²) in [6, 6.07) is 5.25. The molecular formula is C14H17NO5. The zero-order valence-electron chi connectivity index (χ0n) is 11.5. The van der Waals surface area contributed by atoms with Crippen molar-refractivity contribution in [2.75, 3.05) is 27.3 Å². The Bertz CT molecular complexity index is 514. The lowest BCUT2D eigenvalue weighted by Crippen LogP contribution is -2.34. The SMILES string of the molecule is CNCCOc1ccc2c(c1)OC(=O)C(C(=O)OC)C2. The Balaban J connectivity index is 2.11. The topological polar surface area (TPSA) is 73.9 Å². The van der Waals surface area contributed by atoms with E-state index in [4.69, 9.17) is 9.47 Å². The van der Waals surface area contributed by atoms with Crippen molar-refractivity contribution in [3.05, 3.63) is 23.8 Å². The smallest absolute Gasteiger partial charge is 0.326 e. The number of hydrogen-bond acceptors (Lipinski definition) is 6. The van der Waals surface area contributed by atoms with Gasteiger partial charge in [-0.25, -0.2) is 0 Å². The molecule has 0 radical (unpaired) electrons. The highest BCUT2D eigenvalue weighted by molar-refractivity contribution is 5.97. The van der Waals surface area contributed by atoms with Crippen LogP contribution in [0.3, 0.4) is 0 Å². The molecule has 0 saturated carbocycles. The number of nitrogens with one attached hydrogen (secondary N) is 1. The van der Waals surface area contributed by atoms with E-state index in [0.29, 0.717) is 18.1 Å². The maximum Gasteiger partial charge on any atom is 0.326 e. The lowest BCUT2D eigenvalue weighted by molar-refractivity contribution is -0.156. The fourth-order valence-electron chi connectivity index (χ4n) is 1.96. The second-order valence-corrected chi connectivity index (χ2v) is 4.42. The lowest BCUT2D eigenvalue weighted by Gasteiger charge is -2.22. The highest BCUT2D eigenvalue weighted by atomic mass is 16.6. The van der Waals surface area contributed by atoms with Gasteiger partial charge in [0.2, 0.25) is 0 Å². The number of carbonyl (C=O) groups excluding carboxylic acids is 2. The zero-order chi connectivity index (χ0) is 14.5. The fraction of sp³-hybridized carbons (Fsp3) is 0.429. The number of carbonyl (C=O) groups is 2. The Hall–Kier alpha value is -2.08. The van der Waals surface area contributed by atoms with Gasteiger partial charge in [-0.2, -0.15) is 0 Å². The van der Waals surface area contributed by atoms with Gasteiger partial charge in [0.25, 0.3) is 0 Å². The standard InChI is InChI=1S/C14H17NO5/c1-15-5-6-19-10-4-3-9-7-11(13(16)18-2)14(17)20-12(9)8-10/h3-4,8,11,15H,5-7H2,1-2H3. The van der Waals surface area contributed by atoms with Gasteiger partial charge in [0.1, 0.15) is 18.1 Å². The van der Waals surface area contributed by atoms with E-state index in [2.05, 4.69) is 10.1 Å². The van der Waals surface area contributed by atoms with E-state index in [1.807, 2.05) is 7.05 Å². The minimum atomic E-state index is -0.886. The molecule has 0 aromatic heterocycles. The predicted molar refractivity (Wildman–Crippen MR) is 70.7 cm³/mol. The molecule has 1 aliphatic rings. The van der Waals surface area contributed by atoms with Crippen LogP contribution in [0.1, 0.15) is 5.56 Å². The Kier molecular flexibility index (Phi) is 4.57. The number of methoxy groups -OCH3 is 1. The zero-order valence-corrected chi connectivity index (χ0v) is 11.5. The molecule has 108 valence electrons. The summed E-state index contributed by atoms with van der Waals surface area (Å²) in [5, 5.41) is 2.97. The van der Waals surface area contributed by atoms with Crippen LogP contribution >= 0.6 is 0 Å². The molecule has 6 heteroatoms. The normalized spacial score (nSPS) is 17.1. The fourth-order valence-corrected chi connectivity index (χ4v) is 1.96. The minimum Gasteiger partial charge on any atom is -0.492 e. The van der Waals surface area contributed by atoms with Crippen LogP contribution in [0, 0.1) is 5.92 Å². The number of benzene rings is 1. The molecule has 0 amide bonds. The Labute approximate surface area is 117 Å². The first kappa shape index (κ1) is 14.3. The molecule has 0 fully saturated rings. The quantitative estimate of drug-likeness (QED) is 0.367. The summed E-state index contributed by atoms with van der Waals surface area (Å²) < 4.78 is 15.3. The van der Waals surface area contributed by atoms with Crippen molar-refractivity contribution in [1.29, 1.82) is 0 Å². The van der Waals surface area contributed by atoms with Crippen LogP contribution in [-0.2, 0) is 20.7 Å². The molecule has 1 atom stereocenters. The lowest BCUT2D eigenvalue weighted by atomic mass is 9.96. The molecule has 0 aliphatic carbocycles. The number of hydrogen-bond donors (Lipinski definition) is 1. The number of ether oxygens (including phenoxy) is 3. The van der Waals surface area contributed by atoms with Crippen molar-refractivity contribution in [2.45, 2.75) is 6.42 Å². The van der Waals surface area contributed by atoms with E-state index in [-0.39, 0.29) is 6.42 Å². The Morgan fingerprint density at radius 1 is 1.50 bits per heavy atom. The van der Waals surface area contributed by atoms with Crippen molar-refractivity contribution in [2.24, 2.45) is 5.92 Å². The molecular weight excluding hydrogens is 262 g/mol. The summed E-state index contributed by atoms with van der Waals surface area (Å²) in [6.07, 6.45) is 0.289. The molecule has 6 nitrogen and oxygen atoms in total. The van der Waals surface area contributed by atoms with Crippen LogP contribution in [0.5, 0.6) is 11.5 Å². The van der Waals surface area contributed by atoms with Gasteiger partial charge in [0, 0.05) is 19.0 Å². The predicted octanol–water partition coefficient (Wildman–Crippen LogP) is 0.535. The van der Waals surface area contributed by atoms with E-state index in [0.717, 1.165) is 12.1 Å². The van der Waals surface area contributed by atoms with E-state index in [1.54, 1.807) is 18.2 Å². The maximum absolute atomic E-state index is 11.8. The van der Waals surface area contributed by atoms with Crippen LogP contribution in [0.25, 0.3) is 0 Å². The average Bonchev–Trinajstić information content (AvgIpc) is 2.46. The van der Waals surface area contributed by atoms with Crippen LogP contribution in [0.2, 0.25) is 0 Å². The minimum absolute atomic E-state index is 0.289. The molecule has 1 unspecified atom stereocenters. The molecule has 1 aromatic carbocycles. The molecule has 0 spiro atoms. The van der Waals surface area contributed by atoms with Crippen molar-refractivity contribution in [3.63, 3.8) is 0 Å². The third kappa shape index (κ3) is 3.08. The summed E-state index contributed by atoms with van der Waals surface area (Å²) in [5.74, 6) is -0.976. The van der Waals surface area contributed by atoms with E-state index in [1.165, 1.54) is 7.11 Å². The summed E-state index contributed by atoms with van der Waals surface area (Å²) in [4.78, 5) is 23.2. The molecule has 0 saturated heterocycles. The first-order valence-corrected chi connectivity index (χ1v) is 6.35. The number of esters is 2. The van der Waals surface area contributed by atoms with Gasteiger partial charge in [-0.05, 0) is 18.7 Å². The molecule has 1 N–H and O–H groups in total. The van der Waals surface area contributed by atoms with Gasteiger partial charge in [0.05, 0.1) is 7.11 Å². The van der Waals surface area contributed by atoms with Crippen LogP contribution < -0.4 is 14.8 Å². The summed E-state index contributed by atoms with van der Waals surface area (Å²) >= 11 is 0. The van der Waals surface area contributed by atoms with Crippen LogP contribution in [0.15, 0.2) is 18.2 Å².